The minimum atomic E-state index is 0.325. The van der Waals surface area contributed by atoms with Gasteiger partial charge in [0.05, 0.1) is 13.2 Å². The van der Waals surface area contributed by atoms with Gasteiger partial charge in [0.2, 0.25) is 0 Å². The summed E-state index contributed by atoms with van der Waals surface area (Å²) in [5.74, 6) is 0. The van der Waals surface area contributed by atoms with E-state index in [9.17, 15) is 0 Å². The second-order valence-corrected chi connectivity index (χ2v) is 3.59. The summed E-state index contributed by atoms with van der Waals surface area (Å²) in [5, 5.41) is 0. The molecule has 1 unspecified atom stereocenters. The normalized spacial score (nSPS) is 28.8. The molecule has 0 aromatic heterocycles. The molecule has 0 amide bonds. The van der Waals surface area contributed by atoms with Crippen LogP contribution in [0, 0.1) is 0 Å². The van der Waals surface area contributed by atoms with Gasteiger partial charge in [-0.1, -0.05) is 6.92 Å². The molecule has 3 nitrogen and oxygen atoms in total. The highest BCUT2D eigenvalue weighted by atomic mass is 16.5. The molecule has 0 bridgehead atoms. The standard InChI is InChI=1S/C9H20N2O/c1-3-9(10)6-11-4-5-12-7-8(11)2/h8-9H,3-7,10H2,1-2H3/t8?,9-/m1/s1. The van der Waals surface area contributed by atoms with Gasteiger partial charge in [-0.15, -0.1) is 0 Å². The van der Waals surface area contributed by atoms with Crippen molar-refractivity contribution >= 4 is 0 Å². The van der Waals surface area contributed by atoms with Gasteiger partial charge in [0.25, 0.3) is 0 Å². The van der Waals surface area contributed by atoms with Gasteiger partial charge < -0.3 is 10.5 Å². The Bertz CT molecular complexity index is 130. The molecule has 12 heavy (non-hydrogen) atoms. The van der Waals surface area contributed by atoms with Crippen LogP contribution in [0.1, 0.15) is 20.3 Å². The zero-order chi connectivity index (χ0) is 8.97. The van der Waals surface area contributed by atoms with Crippen LogP contribution in [0.5, 0.6) is 0 Å². The Labute approximate surface area is 74.9 Å². The van der Waals surface area contributed by atoms with Crippen molar-refractivity contribution in [1.29, 1.82) is 0 Å². The van der Waals surface area contributed by atoms with Crippen molar-refractivity contribution in [2.45, 2.75) is 32.4 Å². The molecule has 0 spiro atoms. The fraction of sp³-hybridized carbons (Fsp3) is 1.00. The predicted molar refractivity (Wildman–Crippen MR) is 50.1 cm³/mol. The highest BCUT2D eigenvalue weighted by Crippen LogP contribution is 2.06. The van der Waals surface area contributed by atoms with E-state index in [-0.39, 0.29) is 0 Å². The van der Waals surface area contributed by atoms with E-state index in [2.05, 4.69) is 18.7 Å². The Morgan fingerprint density at radius 2 is 2.42 bits per heavy atom. The quantitative estimate of drug-likeness (QED) is 0.671. The van der Waals surface area contributed by atoms with Crippen molar-refractivity contribution in [3.8, 4) is 0 Å². The van der Waals surface area contributed by atoms with E-state index >= 15 is 0 Å². The van der Waals surface area contributed by atoms with Crippen molar-refractivity contribution in [3.63, 3.8) is 0 Å². The summed E-state index contributed by atoms with van der Waals surface area (Å²) >= 11 is 0. The zero-order valence-electron chi connectivity index (χ0n) is 8.12. The molecule has 72 valence electrons. The van der Waals surface area contributed by atoms with Gasteiger partial charge >= 0.3 is 0 Å². The van der Waals surface area contributed by atoms with Crippen molar-refractivity contribution < 1.29 is 4.74 Å². The second-order valence-electron chi connectivity index (χ2n) is 3.59. The molecule has 1 rings (SSSR count). The maximum Gasteiger partial charge on any atom is 0.0619 e. The van der Waals surface area contributed by atoms with Crippen LogP contribution in [-0.4, -0.2) is 43.3 Å². The van der Waals surface area contributed by atoms with Crippen LogP contribution in [0.2, 0.25) is 0 Å². The molecule has 0 aromatic rings. The first-order valence-corrected chi connectivity index (χ1v) is 4.81. The van der Waals surface area contributed by atoms with Crippen LogP contribution in [0.3, 0.4) is 0 Å². The van der Waals surface area contributed by atoms with E-state index < -0.39 is 0 Å². The molecule has 1 fully saturated rings. The fourth-order valence-electron chi connectivity index (χ4n) is 1.46. The Hall–Kier alpha value is -0.120. The van der Waals surface area contributed by atoms with Gasteiger partial charge in [-0.05, 0) is 13.3 Å². The van der Waals surface area contributed by atoms with Gasteiger partial charge in [-0.25, -0.2) is 0 Å². The third-order valence-corrected chi connectivity index (χ3v) is 2.50. The van der Waals surface area contributed by atoms with Gasteiger partial charge in [0.15, 0.2) is 0 Å². The third-order valence-electron chi connectivity index (χ3n) is 2.50. The molecule has 2 atom stereocenters. The van der Waals surface area contributed by atoms with Crippen LogP contribution in [0.25, 0.3) is 0 Å². The number of hydrogen-bond acceptors (Lipinski definition) is 3. The summed E-state index contributed by atoms with van der Waals surface area (Å²) in [4.78, 5) is 2.41. The predicted octanol–water partition coefficient (Wildman–Crippen LogP) is 0.444. The molecule has 2 N–H and O–H groups in total. The Kier molecular flexibility index (Phi) is 3.98. The maximum atomic E-state index is 5.88. The smallest absolute Gasteiger partial charge is 0.0619 e. The topological polar surface area (TPSA) is 38.5 Å². The second kappa shape index (κ2) is 4.80. The molecular formula is C9H20N2O. The number of nitrogens with two attached hydrogens (primary N) is 1. The van der Waals surface area contributed by atoms with Gasteiger partial charge in [0.1, 0.15) is 0 Å². The molecule has 0 radical (unpaired) electrons. The number of nitrogens with zero attached hydrogens (tertiary/aromatic N) is 1. The van der Waals surface area contributed by atoms with Crippen molar-refractivity contribution in [2.75, 3.05) is 26.3 Å². The average Bonchev–Trinajstić information content (AvgIpc) is 2.09. The monoisotopic (exact) mass is 172 g/mol. The van der Waals surface area contributed by atoms with Gasteiger partial charge in [-0.2, -0.15) is 0 Å². The van der Waals surface area contributed by atoms with E-state index in [0.29, 0.717) is 12.1 Å². The Balaban J connectivity index is 2.28. The van der Waals surface area contributed by atoms with Crippen molar-refractivity contribution in [2.24, 2.45) is 5.73 Å². The molecule has 0 aromatic carbocycles. The van der Waals surface area contributed by atoms with E-state index in [4.69, 9.17) is 10.5 Å². The van der Waals surface area contributed by atoms with E-state index in [1.165, 1.54) is 0 Å². The highest BCUT2D eigenvalue weighted by molar-refractivity contribution is 4.74. The lowest BCUT2D eigenvalue weighted by Crippen LogP contribution is -2.48. The molecular weight excluding hydrogens is 152 g/mol. The summed E-state index contributed by atoms with van der Waals surface area (Å²) < 4.78 is 5.34. The highest BCUT2D eigenvalue weighted by Gasteiger charge is 2.19. The first kappa shape index (κ1) is 9.96. The fourth-order valence-corrected chi connectivity index (χ4v) is 1.46. The van der Waals surface area contributed by atoms with Crippen LogP contribution >= 0.6 is 0 Å². The first-order chi connectivity index (χ1) is 5.74. The van der Waals surface area contributed by atoms with Crippen LogP contribution in [-0.2, 0) is 4.74 Å². The molecule has 1 aliphatic heterocycles. The van der Waals surface area contributed by atoms with E-state index in [1.807, 2.05) is 0 Å². The summed E-state index contributed by atoms with van der Waals surface area (Å²) in [6.45, 7) is 8.10. The number of morpholine rings is 1. The zero-order valence-corrected chi connectivity index (χ0v) is 8.12. The van der Waals surface area contributed by atoms with Crippen molar-refractivity contribution in [1.82, 2.24) is 4.90 Å². The SMILES string of the molecule is CC[C@@H](N)CN1CCOCC1C. The Morgan fingerprint density at radius 1 is 1.67 bits per heavy atom. The van der Waals surface area contributed by atoms with Gasteiger partial charge in [0, 0.05) is 25.2 Å². The van der Waals surface area contributed by atoms with E-state index in [1.54, 1.807) is 0 Å². The lowest BCUT2D eigenvalue weighted by Gasteiger charge is -2.34. The maximum absolute atomic E-state index is 5.88. The van der Waals surface area contributed by atoms with Crippen LogP contribution in [0.4, 0.5) is 0 Å². The lowest BCUT2D eigenvalue weighted by atomic mass is 10.2. The summed E-state index contributed by atoms with van der Waals surface area (Å²) in [5.41, 5.74) is 5.88. The molecule has 3 heteroatoms. The molecule has 1 saturated heterocycles. The minimum absolute atomic E-state index is 0.325. The van der Waals surface area contributed by atoms with Crippen molar-refractivity contribution in [3.05, 3.63) is 0 Å². The number of hydrogen-bond donors (Lipinski definition) is 1. The summed E-state index contributed by atoms with van der Waals surface area (Å²) in [7, 11) is 0. The Morgan fingerprint density at radius 3 is 3.00 bits per heavy atom. The van der Waals surface area contributed by atoms with Gasteiger partial charge in [-0.3, -0.25) is 4.90 Å². The van der Waals surface area contributed by atoms with Crippen LogP contribution < -0.4 is 5.73 Å². The molecule has 1 heterocycles. The molecule has 1 aliphatic rings. The average molecular weight is 172 g/mol. The number of rotatable bonds is 3. The number of ether oxygens (including phenoxy) is 1. The largest absolute Gasteiger partial charge is 0.379 e. The summed E-state index contributed by atoms with van der Waals surface area (Å²) in [6.07, 6.45) is 1.06. The van der Waals surface area contributed by atoms with E-state index in [0.717, 1.165) is 32.7 Å². The molecule has 0 aliphatic carbocycles. The lowest BCUT2D eigenvalue weighted by molar-refractivity contribution is -0.00282. The molecule has 0 saturated carbocycles. The van der Waals surface area contributed by atoms with Crippen LogP contribution in [0.15, 0.2) is 0 Å². The minimum Gasteiger partial charge on any atom is -0.379 e. The third kappa shape index (κ3) is 2.73. The first-order valence-electron chi connectivity index (χ1n) is 4.81. The summed E-state index contributed by atoms with van der Waals surface area (Å²) in [6, 6.07) is 0.863.